The van der Waals surface area contributed by atoms with Crippen molar-refractivity contribution in [3.63, 3.8) is 0 Å². The molecule has 1 aromatic carbocycles. The first-order valence-corrected chi connectivity index (χ1v) is 7.68. The van der Waals surface area contributed by atoms with Crippen molar-refractivity contribution < 1.29 is 14.6 Å². The van der Waals surface area contributed by atoms with Gasteiger partial charge in [0.1, 0.15) is 11.6 Å². The van der Waals surface area contributed by atoms with E-state index in [1.807, 2.05) is 12.1 Å². The average molecular weight is 312 g/mol. The normalized spacial score (nSPS) is 20.5. The molecule has 0 bridgehead atoms. The maximum Gasteiger partial charge on any atom is 0.337 e. The van der Waals surface area contributed by atoms with E-state index < -0.39 is 5.97 Å². The van der Waals surface area contributed by atoms with Gasteiger partial charge in [-0.15, -0.1) is 0 Å². The summed E-state index contributed by atoms with van der Waals surface area (Å²) in [7, 11) is 1.67. The molecule has 0 saturated carbocycles. The number of nitrogens with zero attached hydrogens (tertiary/aromatic N) is 2. The molecule has 0 radical (unpaired) electrons. The monoisotopic (exact) mass is 312 g/mol. The highest BCUT2D eigenvalue weighted by molar-refractivity contribution is 5.87. The van der Waals surface area contributed by atoms with Gasteiger partial charge in [0.15, 0.2) is 0 Å². The van der Waals surface area contributed by atoms with Crippen molar-refractivity contribution in [2.45, 2.75) is 25.3 Å². The molecule has 5 heteroatoms. The number of ether oxygens (including phenoxy) is 1. The van der Waals surface area contributed by atoms with E-state index in [2.05, 4.69) is 28.9 Å². The summed E-state index contributed by atoms with van der Waals surface area (Å²) >= 11 is 0. The van der Waals surface area contributed by atoms with Crippen LogP contribution in [0, 0.1) is 0 Å². The van der Waals surface area contributed by atoms with E-state index in [1.54, 1.807) is 19.2 Å². The molecule has 2 heterocycles. The molecule has 5 nitrogen and oxygen atoms in total. The van der Waals surface area contributed by atoms with Crippen LogP contribution in [0.2, 0.25) is 0 Å². The second-order valence-electron chi connectivity index (χ2n) is 5.92. The van der Waals surface area contributed by atoms with Gasteiger partial charge in [-0.05, 0) is 43.2 Å². The average Bonchev–Trinajstić information content (AvgIpc) is 2.97. The molecule has 1 aromatic heterocycles. The number of aromatic carboxylic acids is 1. The van der Waals surface area contributed by atoms with Gasteiger partial charge in [-0.1, -0.05) is 12.1 Å². The lowest BCUT2D eigenvalue weighted by Gasteiger charge is -2.22. The molecule has 2 unspecified atom stereocenters. The quantitative estimate of drug-likeness (QED) is 0.939. The molecule has 1 aliphatic rings. The van der Waals surface area contributed by atoms with Crippen LogP contribution in [-0.4, -0.2) is 35.8 Å². The molecule has 0 amide bonds. The van der Waals surface area contributed by atoms with Gasteiger partial charge >= 0.3 is 5.97 Å². The van der Waals surface area contributed by atoms with E-state index in [0.29, 0.717) is 12.0 Å². The van der Waals surface area contributed by atoms with E-state index in [9.17, 15) is 4.79 Å². The summed E-state index contributed by atoms with van der Waals surface area (Å²) in [6.07, 6.45) is 2.47. The predicted octanol–water partition coefficient (Wildman–Crippen LogP) is 3.17. The fourth-order valence-electron chi connectivity index (χ4n) is 3.15. The lowest BCUT2D eigenvalue weighted by molar-refractivity contribution is 0.0696. The Hall–Kier alpha value is -2.56. The number of aromatic nitrogens is 1. The Kier molecular flexibility index (Phi) is 4.19. The third-order valence-corrected chi connectivity index (χ3v) is 4.45. The van der Waals surface area contributed by atoms with E-state index in [4.69, 9.17) is 9.84 Å². The zero-order chi connectivity index (χ0) is 16.4. The number of pyridine rings is 1. The summed E-state index contributed by atoms with van der Waals surface area (Å²) in [5, 5.41) is 8.96. The number of hydrogen-bond acceptors (Lipinski definition) is 4. The third-order valence-electron chi connectivity index (χ3n) is 4.45. The summed E-state index contributed by atoms with van der Waals surface area (Å²) in [6, 6.07) is 12.0. The standard InChI is InChI=1S/C18H20N2O3/c1-12-9-15(13-3-6-16(23-2)7-4-13)11-20(12)17-8-5-14(10-19-17)18(21)22/h3-8,10,12,15H,9,11H2,1-2H3,(H,21,22). The van der Waals surface area contributed by atoms with Crippen molar-refractivity contribution in [3.8, 4) is 5.75 Å². The summed E-state index contributed by atoms with van der Waals surface area (Å²) in [5.41, 5.74) is 1.51. The van der Waals surface area contributed by atoms with Gasteiger partial charge in [0.25, 0.3) is 0 Å². The molecule has 3 rings (SSSR count). The van der Waals surface area contributed by atoms with Crippen LogP contribution in [-0.2, 0) is 0 Å². The minimum atomic E-state index is -0.949. The molecule has 2 atom stereocenters. The third kappa shape index (κ3) is 3.13. The fourth-order valence-corrected chi connectivity index (χ4v) is 3.15. The van der Waals surface area contributed by atoms with Gasteiger partial charge in [-0.2, -0.15) is 0 Å². The van der Waals surface area contributed by atoms with Gasteiger partial charge in [0.2, 0.25) is 0 Å². The number of methoxy groups -OCH3 is 1. The van der Waals surface area contributed by atoms with Crippen LogP contribution in [0.4, 0.5) is 5.82 Å². The molecule has 0 spiro atoms. The topological polar surface area (TPSA) is 62.7 Å². The van der Waals surface area contributed by atoms with Crippen molar-refractivity contribution in [3.05, 3.63) is 53.7 Å². The first-order chi connectivity index (χ1) is 11.1. The number of carboxylic acid groups (broad SMARTS) is 1. The second kappa shape index (κ2) is 6.28. The molecule has 1 saturated heterocycles. The molecule has 120 valence electrons. The second-order valence-corrected chi connectivity index (χ2v) is 5.92. The molecule has 2 aromatic rings. The van der Waals surface area contributed by atoms with E-state index in [-0.39, 0.29) is 5.56 Å². The Bertz CT molecular complexity index is 682. The van der Waals surface area contributed by atoms with Crippen molar-refractivity contribution in [2.24, 2.45) is 0 Å². The largest absolute Gasteiger partial charge is 0.497 e. The molecule has 1 N–H and O–H groups in total. The van der Waals surface area contributed by atoms with Crippen molar-refractivity contribution in [1.29, 1.82) is 0 Å². The van der Waals surface area contributed by atoms with Gasteiger partial charge in [-0.25, -0.2) is 9.78 Å². The molecule has 1 fully saturated rings. The minimum absolute atomic E-state index is 0.215. The van der Waals surface area contributed by atoms with E-state index in [0.717, 1.165) is 24.5 Å². The van der Waals surface area contributed by atoms with Crippen molar-refractivity contribution in [2.75, 3.05) is 18.6 Å². The van der Waals surface area contributed by atoms with Crippen LogP contribution in [0.15, 0.2) is 42.6 Å². The van der Waals surface area contributed by atoms with Gasteiger partial charge in [0, 0.05) is 24.7 Å². The Labute approximate surface area is 135 Å². The summed E-state index contributed by atoms with van der Waals surface area (Å²) in [6.45, 7) is 3.06. The SMILES string of the molecule is COc1ccc(C2CC(C)N(c3ccc(C(=O)O)cn3)C2)cc1. The zero-order valence-electron chi connectivity index (χ0n) is 13.3. The van der Waals surface area contributed by atoms with Crippen LogP contribution in [0.25, 0.3) is 0 Å². The number of carbonyl (C=O) groups is 1. The Balaban J connectivity index is 1.76. The molecule has 0 aliphatic carbocycles. The number of benzene rings is 1. The molecule has 1 aliphatic heterocycles. The van der Waals surface area contributed by atoms with Crippen LogP contribution >= 0.6 is 0 Å². The van der Waals surface area contributed by atoms with Crippen molar-refractivity contribution in [1.82, 2.24) is 4.98 Å². The first kappa shape index (κ1) is 15.3. The number of anilines is 1. The molecular weight excluding hydrogens is 292 g/mol. The highest BCUT2D eigenvalue weighted by Gasteiger charge is 2.30. The Morgan fingerprint density at radius 3 is 2.57 bits per heavy atom. The molecular formula is C18H20N2O3. The first-order valence-electron chi connectivity index (χ1n) is 7.68. The van der Waals surface area contributed by atoms with E-state index in [1.165, 1.54) is 11.8 Å². The van der Waals surface area contributed by atoms with E-state index >= 15 is 0 Å². The highest BCUT2D eigenvalue weighted by atomic mass is 16.5. The van der Waals surface area contributed by atoms with Gasteiger partial charge < -0.3 is 14.7 Å². The summed E-state index contributed by atoms with van der Waals surface area (Å²) < 4.78 is 5.21. The van der Waals surface area contributed by atoms with Gasteiger partial charge in [-0.3, -0.25) is 0 Å². The number of rotatable bonds is 4. The zero-order valence-corrected chi connectivity index (χ0v) is 13.3. The van der Waals surface area contributed by atoms with Crippen LogP contribution in [0.3, 0.4) is 0 Å². The number of hydrogen-bond donors (Lipinski definition) is 1. The van der Waals surface area contributed by atoms with Crippen LogP contribution < -0.4 is 9.64 Å². The molecule has 23 heavy (non-hydrogen) atoms. The smallest absolute Gasteiger partial charge is 0.337 e. The Morgan fingerprint density at radius 1 is 1.26 bits per heavy atom. The summed E-state index contributed by atoms with van der Waals surface area (Å²) in [5.74, 6) is 1.19. The maximum atomic E-state index is 10.9. The fraction of sp³-hybridized carbons (Fsp3) is 0.333. The van der Waals surface area contributed by atoms with Crippen LogP contribution in [0.5, 0.6) is 5.75 Å². The van der Waals surface area contributed by atoms with Gasteiger partial charge in [0.05, 0.1) is 12.7 Å². The lowest BCUT2D eigenvalue weighted by atomic mass is 9.97. The predicted molar refractivity (Wildman–Crippen MR) is 88.4 cm³/mol. The van der Waals surface area contributed by atoms with Crippen LogP contribution in [0.1, 0.15) is 35.2 Å². The highest BCUT2D eigenvalue weighted by Crippen LogP contribution is 2.34. The Morgan fingerprint density at radius 2 is 2.00 bits per heavy atom. The summed E-state index contributed by atoms with van der Waals surface area (Å²) in [4.78, 5) is 17.5. The lowest BCUT2D eigenvalue weighted by Crippen LogP contribution is -2.27. The van der Waals surface area contributed by atoms with Crippen molar-refractivity contribution >= 4 is 11.8 Å². The number of carboxylic acids is 1. The minimum Gasteiger partial charge on any atom is -0.497 e. The maximum absolute atomic E-state index is 10.9.